The zero-order valence-electron chi connectivity index (χ0n) is 14.2. The van der Waals surface area contributed by atoms with E-state index in [0.717, 1.165) is 20.1 Å². The van der Waals surface area contributed by atoms with Crippen LogP contribution in [0.4, 0.5) is 0 Å². The number of carbonyl (C=O) groups excluding carboxylic acids is 1. The average molecular weight is 488 g/mol. The number of hydrogen-bond acceptors (Lipinski definition) is 3. The maximum absolute atomic E-state index is 12.0. The van der Waals surface area contributed by atoms with Gasteiger partial charge in [-0.2, -0.15) is 5.10 Å². The number of nitrogens with zero attached hydrogens (tertiary/aromatic N) is 1. The zero-order chi connectivity index (χ0) is 19.1. The van der Waals surface area contributed by atoms with Crippen LogP contribution in [0.1, 0.15) is 21.5 Å². The van der Waals surface area contributed by atoms with E-state index in [1.165, 1.54) is 0 Å². The molecule has 3 rings (SSSR count). The Labute approximate surface area is 174 Å². The van der Waals surface area contributed by atoms with Crippen LogP contribution in [0.2, 0.25) is 0 Å². The summed E-state index contributed by atoms with van der Waals surface area (Å²) in [5.74, 6) is 0.456. The fraction of sp³-hybridized carbons (Fsp3) is 0.0476. The first-order valence-corrected chi connectivity index (χ1v) is 9.76. The van der Waals surface area contributed by atoms with Crippen LogP contribution in [0.3, 0.4) is 0 Å². The molecule has 27 heavy (non-hydrogen) atoms. The minimum atomic E-state index is -0.257. The quantitative estimate of drug-likeness (QED) is 0.365. The Kier molecular flexibility index (Phi) is 6.79. The van der Waals surface area contributed by atoms with Gasteiger partial charge in [0.25, 0.3) is 5.91 Å². The first-order chi connectivity index (χ1) is 13.1. The minimum absolute atomic E-state index is 0.257. The van der Waals surface area contributed by atoms with E-state index >= 15 is 0 Å². The fourth-order valence-corrected chi connectivity index (χ4v) is 3.79. The van der Waals surface area contributed by atoms with E-state index in [9.17, 15) is 4.79 Å². The standard InChI is InChI=1S/C21H16Br2N2O2/c22-18-11-16(13-24-25-21(26)17-9-5-2-6-10-17)12-19(23)20(18)27-14-15-7-3-1-4-8-15/h1-13H,14H2,(H,25,26)/b24-13-. The Bertz CT molecular complexity index is 922. The van der Waals surface area contributed by atoms with E-state index in [1.807, 2.05) is 48.5 Å². The maximum atomic E-state index is 12.0. The van der Waals surface area contributed by atoms with Crippen molar-refractivity contribution in [3.05, 3.63) is 98.4 Å². The highest BCUT2D eigenvalue weighted by atomic mass is 79.9. The molecule has 0 aromatic heterocycles. The van der Waals surface area contributed by atoms with Crippen LogP contribution in [-0.2, 0) is 6.61 Å². The van der Waals surface area contributed by atoms with Gasteiger partial charge in [0, 0.05) is 5.56 Å². The molecule has 1 N–H and O–H groups in total. The molecule has 0 aliphatic rings. The Balaban J connectivity index is 1.64. The largest absolute Gasteiger partial charge is 0.487 e. The van der Waals surface area contributed by atoms with Gasteiger partial charge in [-0.05, 0) is 67.3 Å². The summed E-state index contributed by atoms with van der Waals surface area (Å²) in [5.41, 5.74) is 4.98. The Morgan fingerprint density at radius 1 is 0.963 bits per heavy atom. The molecule has 0 heterocycles. The van der Waals surface area contributed by atoms with Gasteiger partial charge >= 0.3 is 0 Å². The summed E-state index contributed by atoms with van der Waals surface area (Å²) >= 11 is 7.05. The van der Waals surface area contributed by atoms with Crippen molar-refractivity contribution in [1.29, 1.82) is 0 Å². The summed E-state index contributed by atoms with van der Waals surface area (Å²) in [7, 11) is 0. The van der Waals surface area contributed by atoms with Crippen LogP contribution in [0.5, 0.6) is 5.75 Å². The molecule has 0 bridgehead atoms. The van der Waals surface area contributed by atoms with E-state index in [0.29, 0.717) is 17.9 Å². The van der Waals surface area contributed by atoms with Crippen molar-refractivity contribution in [1.82, 2.24) is 5.43 Å². The third-order valence-electron chi connectivity index (χ3n) is 3.66. The average Bonchev–Trinajstić information content (AvgIpc) is 2.69. The van der Waals surface area contributed by atoms with Crippen molar-refractivity contribution in [2.75, 3.05) is 0 Å². The van der Waals surface area contributed by atoms with E-state index in [4.69, 9.17) is 4.74 Å². The van der Waals surface area contributed by atoms with Crippen LogP contribution < -0.4 is 10.2 Å². The van der Waals surface area contributed by atoms with E-state index in [-0.39, 0.29) is 5.91 Å². The summed E-state index contributed by atoms with van der Waals surface area (Å²) in [4.78, 5) is 12.0. The van der Waals surface area contributed by atoms with Crippen molar-refractivity contribution in [2.24, 2.45) is 5.10 Å². The van der Waals surface area contributed by atoms with Crippen molar-refractivity contribution in [3.63, 3.8) is 0 Å². The lowest BCUT2D eigenvalue weighted by molar-refractivity contribution is 0.0955. The summed E-state index contributed by atoms with van der Waals surface area (Å²) < 4.78 is 7.49. The van der Waals surface area contributed by atoms with E-state index in [1.54, 1.807) is 30.5 Å². The molecular weight excluding hydrogens is 472 g/mol. The van der Waals surface area contributed by atoms with Gasteiger partial charge in [0.2, 0.25) is 0 Å². The molecule has 0 saturated carbocycles. The third-order valence-corrected chi connectivity index (χ3v) is 4.84. The molecule has 4 nitrogen and oxygen atoms in total. The number of carbonyl (C=O) groups is 1. The molecule has 3 aromatic carbocycles. The smallest absolute Gasteiger partial charge is 0.271 e. The molecule has 0 fully saturated rings. The lowest BCUT2D eigenvalue weighted by Gasteiger charge is -2.11. The molecule has 0 atom stereocenters. The summed E-state index contributed by atoms with van der Waals surface area (Å²) in [6.07, 6.45) is 1.58. The lowest BCUT2D eigenvalue weighted by Crippen LogP contribution is -2.17. The minimum Gasteiger partial charge on any atom is -0.487 e. The Morgan fingerprint density at radius 3 is 2.19 bits per heavy atom. The van der Waals surface area contributed by atoms with Crippen LogP contribution in [0, 0.1) is 0 Å². The molecule has 0 aliphatic heterocycles. The molecule has 6 heteroatoms. The van der Waals surface area contributed by atoms with Gasteiger partial charge < -0.3 is 4.74 Å². The van der Waals surface area contributed by atoms with Gasteiger partial charge in [-0.3, -0.25) is 4.79 Å². The Hall–Kier alpha value is -2.44. The molecule has 0 saturated heterocycles. The number of benzene rings is 3. The summed E-state index contributed by atoms with van der Waals surface area (Å²) in [6, 6.07) is 22.6. The number of rotatable bonds is 6. The van der Waals surface area contributed by atoms with Gasteiger partial charge in [-0.1, -0.05) is 48.5 Å². The number of hydrogen-bond donors (Lipinski definition) is 1. The van der Waals surface area contributed by atoms with Crippen molar-refractivity contribution in [2.45, 2.75) is 6.61 Å². The zero-order valence-corrected chi connectivity index (χ0v) is 17.4. The molecule has 0 radical (unpaired) electrons. The predicted octanol–water partition coefficient (Wildman–Crippen LogP) is 5.55. The predicted molar refractivity (Wildman–Crippen MR) is 114 cm³/mol. The number of hydrazone groups is 1. The molecule has 0 aliphatic carbocycles. The fourth-order valence-electron chi connectivity index (χ4n) is 2.34. The number of nitrogens with one attached hydrogen (secondary N) is 1. The highest BCUT2D eigenvalue weighted by molar-refractivity contribution is 9.11. The normalized spacial score (nSPS) is 10.7. The van der Waals surface area contributed by atoms with Gasteiger partial charge in [0.1, 0.15) is 12.4 Å². The molecule has 0 unspecified atom stereocenters. The van der Waals surface area contributed by atoms with Crippen molar-refractivity contribution in [3.8, 4) is 5.75 Å². The van der Waals surface area contributed by atoms with Gasteiger partial charge in [-0.15, -0.1) is 0 Å². The molecular formula is C21H16Br2N2O2. The lowest BCUT2D eigenvalue weighted by atomic mass is 10.2. The number of halogens is 2. The van der Waals surface area contributed by atoms with Crippen molar-refractivity contribution < 1.29 is 9.53 Å². The second-order valence-corrected chi connectivity index (χ2v) is 7.36. The number of ether oxygens (including phenoxy) is 1. The van der Waals surface area contributed by atoms with Crippen LogP contribution in [0.15, 0.2) is 86.8 Å². The monoisotopic (exact) mass is 486 g/mol. The summed E-state index contributed by atoms with van der Waals surface area (Å²) in [6.45, 7) is 0.471. The third kappa shape index (κ3) is 5.52. The molecule has 136 valence electrons. The highest BCUT2D eigenvalue weighted by Crippen LogP contribution is 2.35. The van der Waals surface area contributed by atoms with Gasteiger partial charge in [-0.25, -0.2) is 5.43 Å². The van der Waals surface area contributed by atoms with Crippen LogP contribution in [0.25, 0.3) is 0 Å². The molecule has 3 aromatic rings. The maximum Gasteiger partial charge on any atom is 0.271 e. The highest BCUT2D eigenvalue weighted by Gasteiger charge is 2.09. The van der Waals surface area contributed by atoms with Crippen molar-refractivity contribution >= 4 is 44.0 Å². The summed E-state index contributed by atoms with van der Waals surface area (Å²) in [5, 5.41) is 4.02. The van der Waals surface area contributed by atoms with E-state index in [2.05, 4.69) is 42.4 Å². The van der Waals surface area contributed by atoms with Gasteiger partial charge in [0.15, 0.2) is 0 Å². The topological polar surface area (TPSA) is 50.7 Å². The SMILES string of the molecule is O=C(N/N=C\c1cc(Br)c(OCc2ccccc2)c(Br)c1)c1ccccc1. The first kappa shape index (κ1) is 19.3. The number of amides is 1. The van der Waals surface area contributed by atoms with E-state index < -0.39 is 0 Å². The van der Waals surface area contributed by atoms with Gasteiger partial charge in [0.05, 0.1) is 15.2 Å². The van der Waals surface area contributed by atoms with Crippen LogP contribution >= 0.6 is 31.9 Å². The second-order valence-electron chi connectivity index (χ2n) is 5.65. The first-order valence-electron chi connectivity index (χ1n) is 8.17. The molecule has 0 spiro atoms. The molecule has 1 amide bonds. The Morgan fingerprint density at radius 2 is 1.56 bits per heavy atom. The second kappa shape index (κ2) is 9.48. The van der Waals surface area contributed by atoms with Crippen LogP contribution in [-0.4, -0.2) is 12.1 Å².